The van der Waals surface area contributed by atoms with E-state index in [4.69, 9.17) is 0 Å². The van der Waals surface area contributed by atoms with Crippen molar-refractivity contribution in [3.8, 4) is 0 Å². The van der Waals surface area contributed by atoms with Crippen LogP contribution in [0.1, 0.15) is 0 Å². The Hall–Kier alpha value is 1.46. The average molecular weight is 176 g/mol. The first-order chi connectivity index (χ1) is 1.91. The molecule has 7 heavy (non-hydrogen) atoms. The van der Waals surface area contributed by atoms with E-state index < -0.39 is 0 Å². The minimum atomic E-state index is 0. The van der Waals surface area contributed by atoms with Crippen LogP contribution in [0.5, 0.6) is 0 Å². The van der Waals surface area contributed by atoms with Crippen LogP contribution in [0, 0.1) is 0 Å². The first kappa shape index (κ1) is 23.7. The molecule has 0 fully saturated rings. The van der Waals surface area contributed by atoms with Crippen molar-refractivity contribution in [3.63, 3.8) is 0 Å². The van der Waals surface area contributed by atoms with E-state index in [1.165, 1.54) is 0 Å². The Bertz CT molecular complexity index is 20.9. The minimum Gasteiger partial charge on any atom is -0.153 e. The maximum Gasteiger partial charge on any atom is -0.0203 e. The minimum absolute atomic E-state index is 0. The molecular formula is C3H16P4. The number of allylic oxidation sites excluding steroid dienone is 1. The van der Waals surface area contributed by atoms with Crippen LogP contribution in [0.25, 0.3) is 0 Å². The molecule has 0 aliphatic rings. The predicted molar refractivity (Wildman–Crippen MR) is 58.1 cm³/mol. The Labute approximate surface area is 58.4 Å². The topological polar surface area (TPSA) is 0 Å². The first-order valence-corrected chi connectivity index (χ1v) is 2.04. The third-order valence-electron chi connectivity index (χ3n) is 0.167. The molecule has 0 saturated carbocycles. The van der Waals surface area contributed by atoms with Gasteiger partial charge in [0.2, 0.25) is 0 Å². The van der Waals surface area contributed by atoms with Crippen LogP contribution in [0.3, 0.4) is 0 Å². The van der Waals surface area contributed by atoms with Crippen LogP contribution in [-0.4, -0.2) is 6.16 Å². The molecule has 4 unspecified atom stereocenters. The van der Waals surface area contributed by atoms with Crippen molar-refractivity contribution >= 4 is 38.9 Å². The molecule has 0 amide bonds. The maximum absolute atomic E-state index is 3.46. The number of hydrogen-bond donors (Lipinski definition) is 0. The van der Waals surface area contributed by atoms with E-state index in [0.29, 0.717) is 0 Å². The zero-order valence-corrected chi connectivity index (χ0v) is 10.1. The molecule has 0 spiro atoms. The summed E-state index contributed by atoms with van der Waals surface area (Å²) in [6.07, 6.45) is 2.84. The Balaban J connectivity index is -0.0000000150. The van der Waals surface area contributed by atoms with Gasteiger partial charge < -0.3 is 0 Å². The molecule has 0 N–H and O–H groups in total. The third kappa shape index (κ3) is 36.7. The average Bonchev–Trinajstić information content (AvgIpc) is 1.37. The Kier molecular flexibility index (Phi) is 87.9. The van der Waals surface area contributed by atoms with Gasteiger partial charge in [-0.2, -0.15) is 29.7 Å². The molecule has 0 aliphatic heterocycles. The molecule has 0 aromatic rings. The quantitative estimate of drug-likeness (QED) is 0.416. The van der Waals surface area contributed by atoms with Gasteiger partial charge in [-0.3, -0.25) is 0 Å². The van der Waals surface area contributed by atoms with Gasteiger partial charge in [0.25, 0.3) is 0 Å². The standard InChI is InChI=1S/C3H7P.3H3P/c1-2-3-4;;;/h2H,1,3-4H2;3*1H3. The van der Waals surface area contributed by atoms with Crippen LogP contribution in [-0.2, 0) is 0 Å². The second kappa shape index (κ2) is 26.0. The van der Waals surface area contributed by atoms with E-state index in [2.05, 4.69) is 15.8 Å². The fourth-order valence-electron chi connectivity index (χ4n) is 0. The summed E-state index contributed by atoms with van der Waals surface area (Å²) in [5.74, 6) is 0. The molecule has 0 saturated heterocycles. The highest BCUT2D eigenvalue weighted by Gasteiger charge is 1.44. The maximum atomic E-state index is 3.46. The fraction of sp³-hybridized carbons (Fsp3) is 0.333. The summed E-state index contributed by atoms with van der Waals surface area (Å²) < 4.78 is 0. The van der Waals surface area contributed by atoms with Crippen LogP contribution in [0.15, 0.2) is 12.7 Å². The van der Waals surface area contributed by atoms with Gasteiger partial charge >= 0.3 is 0 Å². The van der Waals surface area contributed by atoms with Gasteiger partial charge in [-0.1, -0.05) is 6.08 Å². The summed E-state index contributed by atoms with van der Waals surface area (Å²) in [5, 5.41) is 0. The highest BCUT2D eigenvalue weighted by molar-refractivity contribution is 7.16. The normalized spacial score (nSPS) is 3.57. The van der Waals surface area contributed by atoms with Crippen LogP contribution < -0.4 is 0 Å². The van der Waals surface area contributed by atoms with Gasteiger partial charge in [0, 0.05) is 0 Å². The molecule has 0 aromatic carbocycles. The lowest BCUT2D eigenvalue weighted by Gasteiger charge is -1.58. The molecule has 4 atom stereocenters. The highest BCUT2D eigenvalue weighted by Crippen LogP contribution is 1.74. The van der Waals surface area contributed by atoms with E-state index in [9.17, 15) is 0 Å². The fourth-order valence-corrected chi connectivity index (χ4v) is 0. The molecule has 0 aliphatic carbocycles. The second-order valence-electron chi connectivity index (χ2n) is 0.524. The molecule has 0 rings (SSSR count). The Morgan fingerprint density at radius 1 is 1.29 bits per heavy atom. The summed E-state index contributed by atoms with van der Waals surface area (Å²) in [5.41, 5.74) is 0. The number of rotatable bonds is 1. The van der Waals surface area contributed by atoms with E-state index in [0.717, 1.165) is 6.16 Å². The van der Waals surface area contributed by atoms with Crippen molar-refractivity contribution in [2.75, 3.05) is 6.16 Å². The Morgan fingerprint density at radius 2 is 1.43 bits per heavy atom. The van der Waals surface area contributed by atoms with Gasteiger partial charge in [0.1, 0.15) is 0 Å². The van der Waals surface area contributed by atoms with Crippen molar-refractivity contribution in [1.82, 2.24) is 0 Å². The lowest BCUT2D eigenvalue weighted by molar-refractivity contribution is 1.83. The SMILES string of the molecule is C=CCP.P.P.P. The monoisotopic (exact) mass is 176 g/mol. The van der Waals surface area contributed by atoms with Crippen molar-refractivity contribution < 1.29 is 0 Å². The van der Waals surface area contributed by atoms with Crippen molar-refractivity contribution in [2.24, 2.45) is 0 Å². The van der Waals surface area contributed by atoms with Crippen LogP contribution >= 0.6 is 38.9 Å². The van der Waals surface area contributed by atoms with Crippen molar-refractivity contribution in [1.29, 1.82) is 0 Å². The van der Waals surface area contributed by atoms with Gasteiger partial charge in [0.15, 0.2) is 0 Å². The molecule has 48 valence electrons. The van der Waals surface area contributed by atoms with Crippen LogP contribution in [0.2, 0.25) is 0 Å². The van der Waals surface area contributed by atoms with Gasteiger partial charge in [-0.05, 0) is 6.16 Å². The zero-order valence-electron chi connectivity index (χ0n) is 4.69. The summed E-state index contributed by atoms with van der Waals surface area (Å²) >= 11 is 0. The van der Waals surface area contributed by atoms with E-state index in [1.807, 2.05) is 6.08 Å². The van der Waals surface area contributed by atoms with Gasteiger partial charge in [-0.15, -0.1) is 15.8 Å². The summed E-state index contributed by atoms with van der Waals surface area (Å²) in [6, 6.07) is 0. The predicted octanol–water partition coefficient (Wildman–Crippen LogP) is 1.22. The molecule has 0 heterocycles. The molecule has 0 aromatic heterocycles. The number of hydrogen-bond acceptors (Lipinski definition) is 0. The Morgan fingerprint density at radius 3 is 1.43 bits per heavy atom. The summed E-state index contributed by atoms with van der Waals surface area (Å²) in [7, 11) is 2.54. The lowest BCUT2D eigenvalue weighted by Crippen LogP contribution is -1.43. The van der Waals surface area contributed by atoms with Crippen LogP contribution in [0.4, 0.5) is 0 Å². The van der Waals surface area contributed by atoms with Gasteiger partial charge in [-0.25, -0.2) is 0 Å². The molecular weight excluding hydrogens is 160 g/mol. The van der Waals surface area contributed by atoms with Crippen molar-refractivity contribution in [2.45, 2.75) is 0 Å². The summed E-state index contributed by atoms with van der Waals surface area (Å²) in [4.78, 5) is 0. The van der Waals surface area contributed by atoms with Crippen molar-refractivity contribution in [3.05, 3.63) is 12.7 Å². The second-order valence-corrected chi connectivity index (χ2v) is 0.996. The first-order valence-electron chi connectivity index (χ1n) is 1.22. The zero-order chi connectivity index (χ0) is 3.41. The molecule has 0 radical (unpaired) electrons. The molecule has 0 nitrogen and oxygen atoms in total. The lowest BCUT2D eigenvalue weighted by atomic mass is 10.8. The molecule has 4 heteroatoms. The van der Waals surface area contributed by atoms with E-state index in [-0.39, 0.29) is 29.7 Å². The van der Waals surface area contributed by atoms with E-state index in [1.54, 1.807) is 0 Å². The third-order valence-corrected chi connectivity index (χ3v) is 0.500. The smallest absolute Gasteiger partial charge is 0.0203 e. The largest absolute Gasteiger partial charge is 0.153 e. The van der Waals surface area contributed by atoms with E-state index >= 15 is 0 Å². The summed E-state index contributed by atoms with van der Waals surface area (Å²) in [6.45, 7) is 3.46. The highest BCUT2D eigenvalue weighted by atomic mass is 31.0. The molecule has 0 bridgehead atoms. The van der Waals surface area contributed by atoms with Gasteiger partial charge in [0.05, 0.1) is 0 Å².